The molecular formula is C26H32N6. The average molecular weight is 429 g/mol. The normalized spacial score (nSPS) is 19.0. The van der Waals surface area contributed by atoms with Gasteiger partial charge in [-0.05, 0) is 63.4 Å². The van der Waals surface area contributed by atoms with Crippen LogP contribution in [0.5, 0.6) is 0 Å². The summed E-state index contributed by atoms with van der Waals surface area (Å²) in [5, 5.41) is 0. The molecule has 2 aliphatic heterocycles. The monoisotopic (exact) mass is 428 g/mol. The zero-order valence-electron chi connectivity index (χ0n) is 19.0. The van der Waals surface area contributed by atoms with Crippen LogP contribution in [-0.2, 0) is 19.4 Å². The predicted molar refractivity (Wildman–Crippen MR) is 126 cm³/mol. The molecule has 0 radical (unpaired) electrons. The summed E-state index contributed by atoms with van der Waals surface area (Å²) in [6, 6.07) is 12.6. The van der Waals surface area contributed by atoms with Crippen LogP contribution in [0, 0.1) is 6.92 Å². The Bertz CT molecular complexity index is 1020. The van der Waals surface area contributed by atoms with Crippen molar-refractivity contribution >= 4 is 5.82 Å². The van der Waals surface area contributed by atoms with E-state index >= 15 is 0 Å². The van der Waals surface area contributed by atoms with Gasteiger partial charge in [0, 0.05) is 55.4 Å². The fourth-order valence-electron chi connectivity index (χ4n) is 5.04. The summed E-state index contributed by atoms with van der Waals surface area (Å²) in [7, 11) is 0. The van der Waals surface area contributed by atoms with E-state index < -0.39 is 0 Å². The van der Waals surface area contributed by atoms with E-state index in [0.717, 1.165) is 80.6 Å². The molecule has 0 N–H and O–H groups in total. The molecule has 5 rings (SSSR count). The highest BCUT2D eigenvalue weighted by Gasteiger charge is 2.29. The van der Waals surface area contributed by atoms with Crippen LogP contribution in [0.25, 0.3) is 0 Å². The first-order valence-electron chi connectivity index (χ1n) is 11.9. The molecule has 1 fully saturated rings. The Morgan fingerprint density at radius 2 is 1.72 bits per heavy atom. The lowest BCUT2D eigenvalue weighted by Gasteiger charge is -2.36. The van der Waals surface area contributed by atoms with Crippen molar-refractivity contribution in [1.29, 1.82) is 0 Å². The highest BCUT2D eigenvalue weighted by atomic mass is 15.2. The van der Waals surface area contributed by atoms with Crippen molar-refractivity contribution < 1.29 is 0 Å². The number of anilines is 1. The molecule has 3 aromatic heterocycles. The Morgan fingerprint density at radius 3 is 2.50 bits per heavy atom. The van der Waals surface area contributed by atoms with E-state index in [4.69, 9.17) is 9.97 Å². The summed E-state index contributed by atoms with van der Waals surface area (Å²) in [5.41, 5.74) is 4.73. The lowest BCUT2D eigenvalue weighted by molar-refractivity contribution is 0.132. The van der Waals surface area contributed by atoms with Crippen LogP contribution >= 0.6 is 0 Å². The molecule has 0 aliphatic carbocycles. The van der Waals surface area contributed by atoms with E-state index in [2.05, 4.69) is 51.0 Å². The number of nitrogens with zero attached hydrogens (tertiary/aromatic N) is 6. The van der Waals surface area contributed by atoms with Gasteiger partial charge in [0.2, 0.25) is 0 Å². The summed E-state index contributed by atoms with van der Waals surface area (Å²) in [4.78, 5) is 24.3. The molecule has 0 unspecified atom stereocenters. The quantitative estimate of drug-likeness (QED) is 0.584. The third kappa shape index (κ3) is 4.65. The van der Waals surface area contributed by atoms with Gasteiger partial charge in [0.15, 0.2) is 0 Å². The third-order valence-corrected chi connectivity index (χ3v) is 6.73. The second-order valence-electron chi connectivity index (χ2n) is 8.93. The van der Waals surface area contributed by atoms with Crippen LogP contribution in [0.15, 0.2) is 48.8 Å². The Morgan fingerprint density at radius 1 is 0.906 bits per heavy atom. The Balaban J connectivity index is 1.40. The average Bonchev–Trinajstić information content (AvgIpc) is 2.84. The highest BCUT2D eigenvalue weighted by molar-refractivity contribution is 5.51. The van der Waals surface area contributed by atoms with Gasteiger partial charge in [-0.15, -0.1) is 0 Å². The van der Waals surface area contributed by atoms with Gasteiger partial charge in [-0.25, -0.2) is 9.97 Å². The van der Waals surface area contributed by atoms with Crippen molar-refractivity contribution in [2.24, 2.45) is 0 Å². The summed E-state index contributed by atoms with van der Waals surface area (Å²) in [5.74, 6) is 2.14. The Kier molecular flexibility index (Phi) is 6.39. The molecule has 0 aromatic carbocycles. The van der Waals surface area contributed by atoms with Gasteiger partial charge in [0.1, 0.15) is 11.6 Å². The number of aryl methyl sites for hydroxylation is 1. The van der Waals surface area contributed by atoms with Gasteiger partial charge in [-0.1, -0.05) is 18.6 Å². The lowest BCUT2D eigenvalue weighted by atomic mass is 9.99. The number of aromatic nitrogens is 4. The SMILES string of the molecule is Cc1nc([C@@H]2CCCCN2Cc2ccccn2)nc2c1CCCN2CCc1ccccn1. The first kappa shape index (κ1) is 21.0. The predicted octanol–water partition coefficient (Wildman–Crippen LogP) is 4.30. The molecule has 6 nitrogen and oxygen atoms in total. The van der Waals surface area contributed by atoms with Gasteiger partial charge >= 0.3 is 0 Å². The van der Waals surface area contributed by atoms with Gasteiger partial charge in [-0.2, -0.15) is 0 Å². The highest BCUT2D eigenvalue weighted by Crippen LogP contribution is 2.34. The number of likely N-dealkylation sites (tertiary alicyclic amines) is 1. The van der Waals surface area contributed by atoms with Crippen molar-refractivity contribution in [3.63, 3.8) is 0 Å². The van der Waals surface area contributed by atoms with Crippen molar-refractivity contribution in [3.8, 4) is 0 Å². The summed E-state index contributed by atoms with van der Waals surface area (Å²) in [6.07, 6.45) is 10.5. The number of fused-ring (bicyclic) bond motifs is 1. The maximum atomic E-state index is 5.22. The molecule has 0 spiro atoms. The van der Waals surface area contributed by atoms with Crippen LogP contribution in [0.1, 0.15) is 60.2 Å². The van der Waals surface area contributed by atoms with E-state index in [0.29, 0.717) is 0 Å². The third-order valence-electron chi connectivity index (χ3n) is 6.73. The van der Waals surface area contributed by atoms with Crippen LogP contribution in [0.4, 0.5) is 5.82 Å². The van der Waals surface area contributed by atoms with E-state index in [1.54, 1.807) is 0 Å². The maximum Gasteiger partial charge on any atom is 0.148 e. The van der Waals surface area contributed by atoms with E-state index in [1.807, 2.05) is 24.5 Å². The summed E-state index contributed by atoms with van der Waals surface area (Å²) >= 11 is 0. The topological polar surface area (TPSA) is 58.0 Å². The molecular weight excluding hydrogens is 396 g/mol. The van der Waals surface area contributed by atoms with Gasteiger partial charge in [0.05, 0.1) is 11.7 Å². The van der Waals surface area contributed by atoms with Crippen LogP contribution in [0.2, 0.25) is 0 Å². The molecule has 0 bridgehead atoms. The number of piperidine rings is 1. The smallest absolute Gasteiger partial charge is 0.148 e. The second kappa shape index (κ2) is 9.74. The standard InChI is InChI=1S/C26H32N6/c1-20-23-11-8-17-31(18-13-21-9-2-5-14-27-21)26(23)30-25(29-20)24-12-4-7-16-32(24)19-22-10-3-6-15-28-22/h2-3,5-6,9-10,14-15,24H,4,7-8,11-13,16-19H2,1H3/t24-/m0/s1. The minimum Gasteiger partial charge on any atom is -0.356 e. The molecule has 166 valence electrons. The number of rotatable bonds is 6. The molecule has 0 saturated carbocycles. The van der Waals surface area contributed by atoms with Gasteiger partial charge < -0.3 is 4.90 Å². The summed E-state index contributed by atoms with van der Waals surface area (Å²) in [6.45, 7) is 6.09. The number of pyridine rings is 2. The second-order valence-corrected chi connectivity index (χ2v) is 8.93. The van der Waals surface area contributed by atoms with Crippen molar-refractivity contribution in [2.45, 2.75) is 58.0 Å². The molecule has 5 heterocycles. The van der Waals surface area contributed by atoms with Gasteiger partial charge in [0.25, 0.3) is 0 Å². The Labute approximate surface area is 190 Å². The minimum atomic E-state index is 0.259. The van der Waals surface area contributed by atoms with Crippen LogP contribution in [-0.4, -0.2) is 44.5 Å². The molecule has 32 heavy (non-hydrogen) atoms. The van der Waals surface area contributed by atoms with Crippen molar-refractivity contribution in [1.82, 2.24) is 24.8 Å². The zero-order chi connectivity index (χ0) is 21.8. The molecule has 0 amide bonds. The van der Waals surface area contributed by atoms with Crippen LogP contribution < -0.4 is 4.90 Å². The van der Waals surface area contributed by atoms with Crippen LogP contribution in [0.3, 0.4) is 0 Å². The molecule has 3 aromatic rings. The first-order chi connectivity index (χ1) is 15.8. The van der Waals surface area contributed by atoms with Crippen molar-refractivity contribution in [3.05, 3.63) is 77.3 Å². The minimum absolute atomic E-state index is 0.259. The molecule has 1 atom stereocenters. The maximum absolute atomic E-state index is 5.22. The lowest BCUT2D eigenvalue weighted by Crippen LogP contribution is -2.37. The molecule has 1 saturated heterocycles. The van der Waals surface area contributed by atoms with E-state index in [1.165, 1.54) is 18.4 Å². The summed E-state index contributed by atoms with van der Waals surface area (Å²) < 4.78 is 0. The van der Waals surface area contributed by atoms with E-state index in [-0.39, 0.29) is 6.04 Å². The largest absolute Gasteiger partial charge is 0.356 e. The van der Waals surface area contributed by atoms with Gasteiger partial charge in [-0.3, -0.25) is 14.9 Å². The molecule has 6 heteroatoms. The molecule has 2 aliphatic rings. The number of hydrogen-bond donors (Lipinski definition) is 0. The first-order valence-corrected chi connectivity index (χ1v) is 11.9. The Hall–Kier alpha value is -2.86. The number of hydrogen-bond acceptors (Lipinski definition) is 6. The fourth-order valence-corrected chi connectivity index (χ4v) is 5.04. The van der Waals surface area contributed by atoms with E-state index in [9.17, 15) is 0 Å². The van der Waals surface area contributed by atoms with Crippen molar-refractivity contribution in [2.75, 3.05) is 24.5 Å². The zero-order valence-corrected chi connectivity index (χ0v) is 19.0. The fraction of sp³-hybridized carbons (Fsp3) is 0.462.